The van der Waals surface area contributed by atoms with Crippen LogP contribution in [0.2, 0.25) is 0 Å². The molecule has 1 amide bonds. The first-order chi connectivity index (χ1) is 10.8. The fourth-order valence-electron chi connectivity index (χ4n) is 2.80. The van der Waals surface area contributed by atoms with E-state index in [2.05, 4.69) is 10.3 Å². The van der Waals surface area contributed by atoms with E-state index in [0.717, 1.165) is 5.52 Å². The van der Waals surface area contributed by atoms with Gasteiger partial charge in [-0.3, -0.25) is 9.69 Å². The van der Waals surface area contributed by atoms with Gasteiger partial charge in [0.1, 0.15) is 5.52 Å². The average Bonchev–Trinajstić information content (AvgIpc) is 2.99. The highest BCUT2D eigenvalue weighted by Gasteiger charge is 2.31. The fourth-order valence-corrected chi connectivity index (χ4v) is 4.60. The zero-order chi connectivity index (χ0) is 16.6. The Bertz CT molecular complexity index is 844. The molecule has 1 aliphatic rings. The number of aryl methyl sites for hydroxylation is 1. The minimum absolute atomic E-state index is 0.0925. The Morgan fingerprint density at radius 2 is 2.26 bits per heavy atom. The number of likely N-dealkylation sites (N-methyl/N-ethyl adjacent to an activating group) is 1. The van der Waals surface area contributed by atoms with Crippen LogP contribution in [-0.4, -0.2) is 55.3 Å². The predicted octanol–water partition coefficient (Wildman–Crippen LogP) is 1.19. The van der Waals surface area contributed by atoms with Crippen molar-refractivity contribution in [2.75, 3.05) is 30.4 Å². The van der Waals surface area contributed by atoms with E-state index in [-0.39, 0.29) is 30.0 Å². The molecular formula is C15H19N3O4S. The lowest BCUT2D eigenvalue weighted by Gasteiger charge is -2.22. The second-order valence-corrected chi connectivity index (χ2v) is 8.16. The number of nitrogens with zero attached hydrogens (tertiary/aromatic N) is 2. The molecule has 0 spiro atoms. The smallest absolute Gasteiger partial charge is 0.238 e. The van der Waals surface area contributed by atoms with Crippen LogP contribution in [-0.2, 0) is 14.6 Å². The van der Waals surface area contributed by atoms with Crippen LogP contribution < -0.4 is 5.32 Å². The molecule has 1 aliphatic heterocycles. The van der Waals surface area contributed by atoms with Crippen molar-refractivity contribution in [3.05, 3.63) is 24.1 Å². The molecular weight excluding hydrogens is 318 g/mol. The molecule has 0 aliphatic carbocycles. The molecule has 1 N–H and O–H groups in total. The van der Waals surface area contributed by atoms with E-state index in [9.17, 15) is 13.2 Å². The van der Waals surface area contributed by atoms with E-state index < -0.39 is 9.84 Å². The van der Waals surface area contributed by atoms with Crippen LogP contribution in [0.15, 0.2) is 22.6 Å². The van der Waals surface area contributed by atoms with Crippen molar-refractivity contribution in [1.82, 2.24) is 9.88 Å². The standard InChI is InChI=1S/C15H19N3O4S/c1-10-16-13-4-3-11(7-14(13)22-10)17-15(19)8-18(2)12-5-6-23(20,21)9-12/h3-4,7,12H,5-6,8-9H2,1-2H3,(H,17,19). The van der Waals surface area contributed by atoms with Gasteiger partial charge in [-0.2, -0.15) is 0 Å². The maximum absolute atomic E-state index is 12.1. The summed E-state index contributed by atoms with van der Waals surface area (Å²) in [5, 5.41) is 2.80. The highest BCUT2D eigenvalue weighted by atomic mass is 32.2. The number of hydrogen-bond acceptors (Lipinski definition) is 6. The summed E-state index contributed by atoms with van der Waals surface area (Å²) in [5.41, 5.74) is 2.00. The average molecular weight is 337 g/mol. The minimum Gasteiger partial charge on any atom is -0.441 e. The molecule has 23 heavy (non-hydrogen) atoms. The number of anilines is 1. The molecule has 1 aromatic heterocycles. The number of hydrogen-bond donors (Lipinski definition) is 1. The van der Waals surface area contributed by atoms with Gasteiger partial charge in [0.05, 0.1) is 18.1 Å². The van der Waals surface area contributed by atoms with Gasteiger partial charge in [-0.15, -0.1) is 0 Å². The minimum atomic E-state index is -2.95. The molecule has 2 aromatic rings. The van der Waals surface area contributed by atoms with Crippen molar-refractivity contribution >= 4 is 32.5 Å². The summed E-state index contributed by atoms with van der Waals surface area (Å²) < 4.78 is 28.4. The lowest BCUT2D eigenvalue weighted by Crippen LogP contribution is -2.38. The molecule has 0 bridgehead atoms. The van der Waals surface area contributed by atoms with Gasteiger partial charge < -0.3 is 9.73 Å². The fraction of sp³-hybridized carbons (Fsp3) is 0.467. The molecule has 2 heterocycles. The summed E-state index contributed by atoms with van der Waals surface area (Å²) in [7, 11) is -1.18. The van der Waals surface area contributed by atoms with Crippen LogP contribution in [0.4, 0.5) is 5.69 Å². The van der Waals surface area contributed by atoms with Crippen LogP contribution >= 0.6 is 0 Å². The zero-order valence-corrected chi connectivity index (χ0v) is 13.9. The second-order valence-electron chi connectivity index (χ2n) is 5.94. The van der Waals surface area contributed by atoms with E-state index in [1.165, 1.54) is 0 Å². The lowest BCUT2D eigenvalue weighted by molar-refractivity contribution is -0.117. The summed E-state index contributed by atoms with van der Waals surface area (Å²) in [4.78, 5) is 18.1. The molecule has 0 saturated carbocycles. The number of fused-ring (bicyclic) bond motifs is 1. The van der Waals surface area contributed by atoms with E-state index in [0.29, 0.717) is 23.6 Å². The van der Waals surface area contributed by atoms with Gasteiger partial charge >= 0.3 is 0 Å². The predicted molar refractivity (Wildman–Crippen MR) is 87.1 cm³/mol. The first-order valence-electron chi connectivity index (χ1n) is 7.40. The van der Waals surface area contributed by atoms with Gasteiger partial charge in [-0.05, 0) is 25.6 Å². The number of carbonyl (C=O) groups excluding carboxylic acids is 1. The first-order valence-corrected chi connectivity index (χ1v) is 9.22. The topological polar surface area (TPSA) is 92.5 Å². The maximum Gasteiger partial charge on any atom is 0.238 e. The van der Waals surface area contributed by atoms with Crippen molar-refractivity contribution in [3.63, 3.8) is 0 Å². The number of nitrogens with one attached hydrogen (secondary N) is 1. The van der Waals surface area contributed by atoms with Crippen molar-refractivity contribution < 1.29 is 17.6 Å². The van der Waals surface area contributed by atoms with E-state index >= 15 is 0 Å². The monoisotopic (exact) mass is 337 g/mol. The SMILES string of the molecule is Cc1nc2ccc(NC(=O)CN(C)C3CCS(=O)(=O)C3)cc2o1. The number of sulfone groups is 1. The zero-order valence-electron chi connectivity index (χ0n) is 13.1. The first kappa shape index (κ1) is 15.9. The molecule has 1 atom stereocenters. The lowest BCUT2D eigenvalue weighted by atomic mass is 10.2. The number of rotatable bonds is 4. The van der Waals surface area contributed by atoms with Crippen LogP contribution in [0, 0.1) is 6.92 Å². The number of oxazole rings is 1. The van der Waals surface area contributed by atoms with Gasteiger partial charge in [0.15, 0.2) is 21.3 Å². The molecule has 0 radical (unpaired) electrons. The van der Waals surface area contributed by atoms with Gasteiger partial charge in [0.2, 0.25) is 5.91 Å². The quantitative estimate of drug-likeness (QED) is 0.901. The molecule has 3 rings (SSSR count). The number of amides is 1. The Morgan fingerprint density at radius 1 is 1.48 bits per heavy atom. The van der Waals surface area contributed by atoms with Crippen molar-refractivity contribution in [2.24, 2.45) is 0 Å². The third-order valence-corrected chi connectivity index (χ3v) is 5.75. The number of aromatic nitrogens is 1. The molecule has 124 valence electrons. The third kappa shape index (κ3) is 3.70. The van der Waals surface area contributed by atoms with E-state index in [1.54, 1.807) is 37.1 Å². The van der Waals surface area contributed by atoms with Gasteiger partial charge in [-0.1, -0.05) is 0 Å². The Kier molecular flexibility index (Phi) is 4.11. The summed E-state index contributed by atoms with van der Waals surface area (Å²) in [5.74, 6) is 0.712. The maximum atomic E-state index is 12.1. The summed E-state index contributed by atoms with van der Waals surface area (Å²) in [6, 6.07) is 5.19. The molecule has 1 fully saturated rings. The van der Waals surface area contributed by atoms with Gasteiger partial charge in [0.25, 0.3) is 0 Å². The molecule has 7 nitrogen and oxygen atoms in total. The second kappa shape index (κ2) is 5.93. The largest absolute Gasteiger partial charge is 0.441 e. The molecule has 1 saturated heterocycles. The number of carbonyl (C=O) groups is 1. The normalized spacial score (nSPS) is 20.2. The summed E-state index contributed by atoms with van der Waals surface area (Å²) in [6.07, 6.45) is 0.579. The molecule has 1 unspecified atom stereocenters. The van der Waals surface area contributed by atoms with Crippen LogP contribution in [0.25, 0.3) is 11.1 Å². The van der Waals surface area contributed by atoms with E-state index in [4.69, 9.17) is 4.42 Å². The highest BCUT2D eigenvalue weighted by molar-refractivity contribution is 7.91. The summed E-state index contributed by atoms with van der Waals surface area (Å²) >= 11 is 0. The van der Waals surface area contributed by atoms with Crippen LogP contribution in [0.1, 0.15) is 12.3 Å². The molecule has 8 heteroatoms. The Balaban J connectivity index is 1.61. The van der Waals surface area contributed by atoms with Gasteiger partial charge in [-0.25, -0.2) is 13.4 Å². The van der Waals surface area contributed by atoms with Crippen molar-refractivity contribution in [3.8, 4) is 0 Å². The van der Waals surface area contributed by atoms with Crippen molar-refractivity contribution in [2.45, 2.75) is 19.4 Å². The van der Waals surface area contributed by atoms with E-state index in [1.807, 2.05) is 0 Å². The summed E-state index contributed by atoms with van der Waals surface area (Å²) in [6.45, 7) is 1.91. The Hall–Kier alpha value is -1.93. The Morgan fingerprint density at radius 3 is 2.96 bits per heavy atom. The van der Waals surface area contributed by atoms with Crippen LogP contribution in [0.3, 0.4) is 0 Å². The van der Waals surface area contributed by atoms with Gasteiger partial charge in [0, 0.05) is 24.7 Å². The molecule has 1 aromatic carbocycles. The van der Waals surface area contributed by atoms with Crippen molar-refractivity contribution in [1.29, 1.82) is 0 Å². The van der Waals surface area contributed by atoms with Crippen LogP contribution in [0.5, 0.6) is 0 Å². The number of benzene rings is 1. The Labute approximate surface area is 134 Å². The third-order valence-electron chi connectivity index (χ3n) is 4.00. The highest BCUT2D eigenvalue weighted by Crippen LogP contribution is 2.20.